The lowest BCUT2D eigenvalue weighted by Gasteiger charge is -2.16. The molecule has 260 valence electrons. The summed E-state index contributed by atoms with van der Waals surface area (Å²) in [5, 5.41) is 2.89. The van der Waals surface area contributed by atoms with E-state index in [4.69, 9.17) is 0 Å². The highest BCUT2D eigenvalue weighted by Gasteiger charge is 2.36. The van der Waals surface area contributed by atoms with Gasteiger partial charge in [-0.25, -0.2) is 9.59 Å². The Hall–Kier alpha value is -3.89. The van der Waals surface area contributed by atoms with Gasteiger partial charge < -0.3 is 4.90 Å². The minimum atomic E-state index is -0.268. The Bertz CT molecular complexity index is 1940. The molecule has 0 N–H and O–H groups in total. The molecule has 0 bridgehead atoms. The maximum atomic E-state index is 14.1. The summed E-state index contributed by atoms with van der Waals surface area (Å²) in [6.45, 7) is 13.7. The summed E-state index contributed by atoms with van der Waals surface area (Å²) in [5.41, 5.74) is 2.10. The highest BCUT2D eigenvalue weighted by Crippen LogP contribution is 2.54. The first-order chi connectivity index (χ1) is 23.8. The van der Waals surface area contributed by atoms with Crippen molar-refractivity contribution < 1.29 is 0 Å². The summed E-state index contributed by atoms with van der Waals surface area (Å²) in [7, 11) is 5.50. The Morgan fingerprint density at radius 3 is 2.00 bits per heavy atom. The minimum Gasteiger partial charge on any atom is -0.382 e. The SMILES string of the molecule is C=C/C=C(\C=NC)n1c(SC)c(SN2Sc3c(n(-c4cccnc4)c(=O)n3C(/C=C\C)=C/N(C)C)S2)n(-c2cccnc2)c1=O.CC.CC. The average Bonchev–Trinajstić information content (AvgIpc) is 3.73. The van der Waals surface area contributed by atoms with Crippen molar-refractivity contribution in [1.82, 2.24) is 36.3 Å². The van der Waals surface area contributed by atoms with Crippen LogP contribution in [0.1, 0.15) is 34.6 Å². The quantitative estimate of drug-likeness (QED) is 0.0655. The van der Waals surface area contributed by atoms with Crippen LogP contribution in [0.4, 0.5) is 0 Å². The lowest BCUT2D eigenvalue weighted by atomic mass is 10.4. The van der Waals surface area contributed by atoms with Crippen molar-refractivity contribution >= 4 is 65.2 Å². The highest BCUT2D eigenvalue weighted by atomic mass is 32.3. The van der Waals surface area contributed by atoms with Crippen LogP contribution in [0.5, 0.6) is 0 Å². The smallest absolute Gasteiger partial charge is 0.339 e. The van der Waals surface area contributed by atoms with Gasteiger partial charge in [0.25, 0.3) is 0 Å². The highest BCUT2D eigenvalue weighted by molar-refractivity contribution is 8.27. The van der Waals surface area contributed by atoms with Crippen LogP contribution in [-0.4, -0.2) is 69.9 Å². The molecular weight excluding hydrogens is 695 g/mol. The number of thioether (sulfide) groups is 1. The van der Waals surface area contributed by atoms with Gasteiger partial charge in [0.15, 0.2) is 0 Å². The van der Waals surface area contributed by atoms with Crippen molar-refractivity contribution in [3.63, 3.8) is 0 Å². The van der Waals surface area contributed by atoms with Gasteiger partial charge in [0.05, 0.1) is 35.2 Å². The Morgan fingerprint density at radius 2 is 1.49 bits per heavy atom. The van der Waals surface area contributed by atoms with Crippen molar-refractivity contribution in [3.8, 4) is 11.4 Å². The number of aliphatic imine (C=N–C) groups is 1. The maximum Gasteiger partial charge on any atom is 0.339 e. The number of pyridine rings is 2. The molecule has 0 saturated carbocycles. The van der Waals surface area contributed by atoms with Crippen LogP contribution < -0.4 is 11.4 Å². The first kappa shape index (κ1) is 39.5. The van der Waals surface area contributed by atoms with Gasteiger partial charge in [0.1, 0.15) is 20.1 Å². The van der Waals surface area contributed by atoms with Gasteiger partial charge in [-0.2, -0.15) is 0 Å². The third kappa shape index (κ3) is 8.65. The van der Waals surface area contributed by atoms with E-state index in [9.17, 15) is 9.59 Å². The molecule has 0 spiro atoms. The molecule has 0 atom stereocenters. The molecule has 5 heterocycles. The number of fused-ring (bicyclic) bond motifs is 1. The number of rotatable bonds is 11. The van der Waals surface area contributed by atoms with E-state index in [-0.39, 0.29) is 11.4 Å². The fourth-order valence-electron chi connectivity index (χ4n) is 4.54. The standard InChI is InChI=1S/C30H31N9O2S4.2C2H6/c1-7-11-21(17-31-3)35-25(42-6)26(36(29(35)40)22-13-9-15-32-18-22)43-39-44-27-28(45-39)38(24(12-8-2)20-34(4)5)30(41)37(27)23-14-10-16-33-19-23;2*1-2/h7-20H,1H2,2-6H3;2*1-2H3/b12-8-,21-11+,24-20+,31-17?;;. The molecule has 15 heteroatoms. The molecule has 0 fully saturated rings. The fraction of sp³-hybridized carbons (Fsp3) is 0.265. The Labute approximate surface area is 305 Å². The molecule has 11 nitrogen and oxygen atoms in total. The van der Waals surface area contributed by atoms with E-state index in [0.29, 0.717) is 32.8 Å². The molecule has 1 aliphatic rings. The number of hydrogen-bond acceptors (Lipinski definition) is 11. The van der Waals surface area contributed by atoms with E-state index in [2.05, 4.69) is 21.5 Å². The molecule has 0 unspecified atom stereocenters. The first-order valence-corrected chi connectivity index (χ1v) is 19.1. The van der Waals surface area contributed by atoms with Gasteiger partial charge in [-0.3, -0.25) is 33.2 Å². The van der Waals surface area contributed by atoms with Gasteiger partial charge in [-0.15, -0.1) is 14.9 Å². The third-order valence-electron chi connectivity index (χ3n) is 6.22. The zero-order valence-electron chi connectivity index (χ0n) is 29.3. The second kappa shape index (κ2) is 19.3. The molecule has 5 rings (SSSR count). The normalized spacial score (nSPS) is 13.2. The van der Waals surface area contributed by atoms with E-state index in [0.717, 1.165) is 10.1 Å². The summed E-state index contributed by atoms with van der Waals surface area (Å²) in [6, 6.07) is 7.31. The number of allylic oxidation sites excluding steroid dienone is 6. The zero-order valence-corrected chi connectivity index (χ0v) is 32.5. The average molecular weight is 738 g/mol. The Balaban J connectivity index is 0.00000157. The predicted molar refractivity (Wildman–Crippen MR) is 211 cm³/mol. The van der Waals surface area contributed by atoms with E-state index < -0.39 is 0 Å². The van der Waals surface area contributed by atoms with Crippen LogP contribution in [0.25, 0.3) is 22.8 Å². The molecule has 49 heavy (non-hydrogen) atoms. The Kier molecular flexibility index (Phi) is 15.6. The fourth-order valence-corrected chi connectivity index (χ4v) is 9.20. The van der Waals surface area contributed by atoms with Crippen LogP contribution in [0.15, 0.2) is 121 Å². The van der Waals surface area contributed by atoms with E-state index in [1.165, 1.54) is 47.6 Å². The molecule has 4 aromatic rings. The van der Waals surface area contributed by atoms with Crippen LogP contribution in [-0.2, 0) is 0 Å². The zero-order chi connectivity index (χ0) is 36.1. The van der Waals surface area contributed by atoms with Crippen LogP contribution >= 0.6 is 47.6 Å². The van der Waals surface area contributed by atoms with Crippen molar-refractivity contribution in [2.75, 3.05) is 27.4 Å². The molecular formula is C34H43N9O2S4. The summed E-state index contributed by atoms with van der Waals surface area (Å²) >= 11 is 5.67. The molecule has 0 aliphatic carbocycles. The number of aromatic nitrogens is 6. The van der Waals surface area contributed by atoms with Gasteiger partial charge in [0.2, 0.25) is 0 Å². The molecule has 0 saturated heterocycles. The summed E-state index contributed by atoms with van der Waals surface area (Å²) in [5.74, 6) is 0. The molecule has 1 aliphatic heterocycles. The third-order valence-corrected chi connectivity index (χ3v) is 10.7. The minimum absolute atomic E-state index is 0.204. The van der Waals surface area contributed by atoms with E-state index in [1.54, 1.807) is 80.6 Å². The predicted octanol–water partition coefficient (Wildman–Crippen LogP) is 7.86. The summed E-state index contributed by atoms with van der Waals surface area (Å²) in [6.07, 6.45) is 19.3. The van der Waals surface area contributed by atoms with Gasteiger partial charge in [0, 0.05) is 81.8 Å². The Morgan fingerprint density at radius 1 is 0.898 bits per heavy atom. The number of imidazole rings is 2. The largest absolute Gasteiger partial charge is 0.382 e. The molecule has 0 aromatic carbocycles. The molecule has 4 aromatic heterocycles. The number of hydrogen-bond donors (Lipinski definition) is 0. The maximum absolute atomic E-state index is 14.1. The summed E-state index contributed by atoms with van der Waals surface area (Å²) < 4.78 is 8.65. The topological polar surface area (TPSA) is 98.5 Å². The molecule has 0 radical (unpaired) electrons. The van der Waals surface area contributed by atoms with Crippen molar-refractivity contribution in [2.45, 2.75) is 54.7 Å². The number of nitrogens with zero attached hydrogens (tertiary/aromatic N) is 9. The summed E-state index contributed by atoms with van der Waals surface area (Å²) in [4.78, 5) is 42.8. The lowest BCUT2D eigenvalue weighted by Crippen LogP contribution is -2.25. The lowest BCUT2D eigenvalue weighted by molar-refractivity contribution is 0.562. The van der Waals surface area contributed by atoms with Crippen molar-refractivity contribution in [1.29, 1.82) is 0 Å². The van der Waals surface area contributed by atoms with Crippen LogP contribution in [0.3, 0.4) is 0 Å². The van der Waals surface area contributed by atoms with E-state index >= 15 is 0 Å². The van der Waals surface area contributed by atoms with Crippen LogP contribution in [0, 0.1) is 0 Å². The van der Waals surface area contributed by atoms with Gasteiger partial charge >= 0.3 is 11.4 Å². The first-order valence-electron chi connectivity index (χ1n) is 15.5. The van der Waals surface area contributed by atoms with E-state index in [1.807, 2.05) is 93.5 Å². The van der Waals surface area contributed by atoms with Gasteiger partial charge in [-0.05, 0) is 49.6 Å². The van der Waals surface area contributed by atoms with Crippen molar-refractivity contribution in [3.05, 3.63) is 107 Å². The van der Waals surface area contributed by atoms with Crippen LogP contribution in [0.2, 0.25) is 0 Å². The monoisotopic (exact) mass is 737 g/mol. The van der Waals surface area contributed by atoms with Crippen molar-refractivity contribution in [2.24, 2.45) is 4.99 Å². The van der Waals surface area contributed by atoms with Gasteiger partial charge in [-0.1, -0.05) is 46.4 Å². The second-order valence-corrected chi connectivity index (χ2v) is 13.8. The molecule has 0 amide bonds. The second-order valence-electron chi connectivity index (χ2n) is 9.48.